The van der Waals surface area contributed by atoms with E-state index in [9.17, 15) is 9.59 Å². The predicted octanol–water partition coefficient (Wildman–Crippen LogP) is -0.0988. The van der Waals surface area contributed by atoms with Crippen LogP contribution in [0.3, 0.4) is 0 Å². The number of rotatable bonds is 3. The number of dihydropyridines is 1. The van der Waals surface area contributed by atoms with Crippen molar-refractivity contribution in [3.63, 3.8) is 0 Å². The van der Waals surface area contributed by atoms with Gasteiger partial charge in [-0.15, -0.1) is 0 Å². The van der Waals surface area contributed by atoms with E-state index in [1.165, 1.54) is 0 Å². The Labute approximate surface area is 128 Å². The van der Waals surface area contributed by atoms with Gasteiger partial charge < -0.3 is 5.32 Å². The molecule has 7 N–H and O–H groups in total. The van der Waals surface area contributed by atoms with Crippen molar-refractivity contribution in [1.82, 2.24) is 16.2 Å². The highest BCUT2D eigenvalue weighted by atomic mass is 16.2. The first-order valence-corrected chi connectivity index (χ1v) is 6.76. The molecule has 1 aromatic rings. The molecule has 1 heterocycles. The van der Waals surface area contributed by atoms with Gasteiger partial charge in [0.15, 0.2) is 0 Å². The van der Waals surface area contributed by atoms with Crippen molar-refractivity contribution in [3.8, 4) is 0 Å². The van der Waals surface area contributed by atoms with Gasteiger partial charge in [-0.1, -0.05) is 30.3 Å². The van der Waals surface area contributed by atoms with E-state index >= 15 is 0 Å². The molecule has 0 bridgehead atoms. The Morgan fingerprint density at radius 1 is 0.955 bits per heavy atom. The maximum atomic E-state index is 12.2. The van der Waals surface area contributed by atoms with Crippen LogP contribution in [0.2, 0.25) is 0 Å². The summed E-state index contributed by atoms with van der Waals surface area (Å²) in [4.78, 5) is 24.4. The second-order valence-electron chi connectivity index (χ2n) is 4.99. The van der Waals surface area contributed by atoms with E-state index in [2.05, 4.69) is 16.2 Å². The molecule has 116 valence electrons. The Morgan fingerprint density at radius 2 is 1.41 bits per heavy atom. The lowest BCUT2D eigenvalue weighted by molar-refractivity contribution is -0.118. The van der Waals surface area contributed by atoms with E-state index in [1.807, 2.05) is 30.3 Å². The monoisotopic (exact) mass is 301 g/mol. The highest BCUT2D eigenvalue weighted by Crippen LogP contribution is 2.37. The average molecular weight is 301 g/mol. The Morgan fingerprint density at radius 3 is 1.82 bits per heavy atom. The zero-order chi connectivity index (χ0) is 16.3. The van der Waals surface area contributed by atoms with Gasteiger partial charge in [0.2, 0.25) is 0 Å². The van der Waals surface area contributed by atoms with Crippen LogP contribution in [-0.2, 0) is 9.59 Å². The van der Waals surface area contributed by atoms with Gasteiger partial charge in [-0.3, -0.25) is 20.4 Å². The molecule has 2 amide bonds. The number of allylic oxidation sites excluding steroid dienone is 2. The number of hydrogen-bond acceptors (Lipinski definition) is 5. The van der Waals surface area contributed by atoms with Crippen LogP contribution in [0.4, 0.5) is 0 Å². The third-order valence-electron chi connectivity index (χ3n) is 3.64. The lowest BCUT2D eigenvalue weighted by Crippen LogP contribution is -2.42. The molecule has 0 aliphatic carbocycles. The van der Waals surface area contributed by atoms with Crippen molar-refractivity contribution in [2.75, 3.05) is 0 Å². The first kappa shape index (κ1) is 15.7. The number of hydrogen-bond donors (Lipinski definition) is 5. The van der Waals surface area contributed by atoms with E-state index < -0.39 is 17.7 Å². The van der Waals surface area contributed by atoms with Crippen molar-refractivity contribution in [2.45, 2.75) is 19.8 Å². The summed E-state index contributed by atoms with van der Waals surface area (Å²) in [5.74, 6) is 9.14. The van der Waals surface area contributed by atoms with Gasteiger partial charge in [-0.2, -0.15) is 0 Å². The molecule has 0 aromatic heterocycles. The molecule has 0 saturated carbocycles. The van der Waals surface area contributed by atoms with Crippen molar-refractivity contribution in [1.29, 1.82) is 0 Å². The maximum Gasteiger partial charge on any atom is 0.263 e. The Bertz CT molecular complexity index is 626. The number of carbonyl (C=O) groups excluding carboxylic acids is 2. The van der Waals surface area contributed by atoms with E-state index in [4.69, 9.17) is 11.7 Å². The van der Waals surface area contributed by atoms with E-state index in [0.717, 1.165) is 5.56 Å². The van der Waals surface area contributed by atoms with Crippen LogP contribution in [-0.4, -0.2) is 11.8 Å². The molecule has 0 radical (unpaired) electrons. The molecule has 0 unspecified atom stereocenters. The Hall–Kier alpha value is -2.64. The molecular weight excluding hydrogens is 282 g/mol. The van der Waals surface area contributed by atoms with Gasteiger partial charge in [0.05, 0.1) is 0 Å². The van der Waals surface area contributed by atoms with Gasteiger partial charge in [0.25, 0.3) is 11.8 Å². The predicted molar refractivity (Wildman–Crippen MR) is 82.4 cm³/mol. The summed E-state index contributed by atoms with van der Waals surface area (Å²) < 4.78 is 0. The van der Waals surface area contributed by atoms with Gasteiger partial charge >= 0.3 is 0 Å². The second kappa shape index (κ2) is 6.42. The van der Waals surface area contributed by atoms with E-state index in [1.54, 1.807) is 13.8 Å². The van der Waals surface area contributed by atoms with Crippen LogP contribution < -0.4 is 27.9 Å². The lowest BCUT2D eigenvalue weighted by atomic mass is 9.80. The topological polar surface area (TPSA) is 122 Å². The zero-order valence-electron chi connectivity index (χ0n) is 12.4. The quantitative estimate of drug-likeness (QED) is 0.303. The van der Waals surface area contributed by atoms with Crippen LogP contribution >= 0.6 is 0 Å². The minimum atomic E-state index is -0.547. The van der Waals surface area contributed by atoms with Crippen molar-refractivity contribution in [2.24, 2.45) is 11.7 Å². The number of amides is 2. The largest absolute Gasteiger partial charge is 0.362 e. The second-order valence-corrected chi connectivity index (χ2v) is 4.99. The first-order valence-electron chi connectivity index (χ1n) is 6.76. The van der Waals surface area contributed by atoms with Crippen LogP contribution in [0, 0.1) is 0 Å². The van der Waals surface area contributed by atoms with Crippen molar-refractivity contribution in [3.05, 3.63) is 58.4 Å². The van der Waals surface area contributed by atoms with Gasteiger partial charge in [0, 0.05) is 28.5 Å². The Balaban J connectivity index is 2.66. The van der Waals surface area contributed by atoms with Gasteiger partial charge in [0.1, 0.15) is 0 Å². The maximum absolute atomic E-state index is 12.2. The van der Waals surface area contributed by atoms with Crippen molar-refractivity contribution < 1.29 is 9.59 Å². The summed E-state index contributed by atoms with van der Waals surface area (Å²) in [6, 6.07) is 9.26. The fourth-order valence-electron chi connectivity index (χ4n) is 2.73. The molecule has 7 nitrogen and oxygen atoms in total. The minimum Gasteiger partial charge on any atom is -0.362 e. The fourth-order valence-corrected chi connectivity index (χ4v) is 2.73. The molecule has 1 aromatic carbocycles. The third kappa shape index (κ3) is 2.72. The van der Waals surface area contributed by atoms with Crippen LogP contribution in [0.1, 0.15) is 25.3 Å². The molecule has 0 atom stereocenters. The summed E-state index contributed by atoms with van der Waals surface area (Å²) >= 11 is 0. The number of benzene rings is 1. The van der Waals surface area contributed by atoms with Crippen molar-refractivity contribution >= 4 is 11.8 Å². The summed E-state index contributed by atoms with van der Waals surface area (Å²) in [7, 11) is 0. The van der Waals surface area contributed by atoms with Gasteiger partial charge in [-0.25, -0.2) is 11.7 Å². The number of nitrogens with one attached hydrogen (secondary N) is 3. The number of nitrogens with two attached hydrogens (primary N) is 2. The highest BCUT2D eigenvalue weighted by Gasteiger charge is 2.35. The van der Waals surface area contributed by atoms with Crippen LogP contribution in [0.15, 0.2) is 52.9 Å². The van der Waals surface area contributed by atoms with Crippen LogP contribution in [0.5, 0.6) is 0 Å². The fraction of sp³-hybridized carbons (Fsp3) is 0.200. The summed E-state index contributed by atoms with van der Waals surface area (Å²) in [6.45, 7) is 3.53. The molecule has 2 rings (SSSR count). The summed E-state index contributed by atoms with van der Waals surface area (Å²) in [5.41, 5.74) is 7.13. The van der Waals surface area contributed by atoms with E-state index in [0.29, 0.717) is 22.5 Å². The summed E-state index contributed by atoms with van der Waals surface area (Å²) in [5, 5.41) is 3.04. The van der Waals surface area contributed by atoms with Gasteiger partial charge in [-0.05, 0) is 19.4 Å². The SMILES string of the molecule is CC1=C(C(=O)NN)C(c2ccccc2)C(C(=O)NN)=C(C)N1. The highest BCUT2D eigenvalue weighted by molar-refractivity contribution is 6.03. The van der Waals surface area contributed by atoms with E-state index in [-0.39, 0.29) is 0 Å². The smallest absolute Gasteiger partial charge is 0.263 e. The molecule has 0 fully saturated rings. The standard InChI is InChI=1S/C15H19N5O2/c1-8-11(14(21)19-16)13(10-6-4-3-5-7-10)12(9(2)18-8)15(22)20-17/h3-7,13,18H,16-17H2,1-2H3,(H,19,21)(H,20,22). The molecule has 7 heteroatoms. The molecule has 0 saturated heterocycles. The first-order chi connectivity index (χ1) is 10.5. The minimum absolute atomic E-state index is 0.387. The molecule has 22 heavy (non-hydrogen) atoms. The van der Waals surface area contributed by atoms with Crippen LogP contribution in [0.25, 0.3) is 0 Å². The summed E-state index contributed by atoms with van der Waals surface area (Å²) in [6.07, 6.45) is 0. The molecule has 1 aliphatic rings. The number of hydrazine groups is 2. The Kier molecular flexibility index (Phi) is 4.59. The molecule has 0 spiro atoms. The third-order valence-corrected chi connectivity index (χ3v) is 3.64. The normalized spacial score (nSPS) is 15.5. The zero-order valence-corrected chi connectivity index (χ0v) is 12.4. The lowest BCUT2D eigenvalue weighted by Gasteiger charge is -2.30. The average Bonchev–Trinajstić information content (AvgIpc) is 2.53. The molecule has 1 aliphatic heterocycles. The molecular formula is C15H19N5O2. The number of carbonyl (C=O) groups is 2.